The Morgan fingerprint density at radius 1 is 1.11 bits per heavy atom. The molecular formula is C25H25ClN2O5S2. The third-order valence-electron chi connectivity index (χ3n) is 5.77. The van der Waals surface area contributed by atoms with Gasteiger partial charge in [-0.2, -0.15) is 4.31 Å². The van der Waals surface area contributed by atoms with Crippen molar-refractivity contribution in [3.8, 4) is 11.1 Å². The Bertz CT molecular complexity index is 1310. The first-order chi connectivity index (χ1) is 16.8. The molecule has 0 saturated carbocycles. The molecule has 1 saturated heterocycles. The van der Waals surface area contributed by atoms with Crippen molar-refractivity contribution in [2.24, 2.45) is 0 Å². The van der Waals surface area contributed by atoms with E-state index in [0.29, 0.717) is 28.4 Å². The van der Waals surface area contributed by atoms with Crippen LogP contribution in [0.25, 0.3) is 11.1 Å². The Morgan fingerprint density at radius 2 is 1.83 bits per heavy atom. The third kappa shape index (κ3) is 5.43. The number of sulfonamides is 1. The zero-order chi connectivity index (χ0) is 25.0. The smallest absolute Gasteiger partial charge is 0.341 e. The zero-order valence-electron chi connectivity index (χ0n) is 19.1. The summed E-state index contributed by atoms with van der Waals surface area (Å²) in [4.78, 5) is 26.3. The summed E-state index contributed by atoms with van der Waals surface area (Å²) in [5, 5.41) is 5.38. The number of piperidine rings is 1. The molecule has 10 heteroatoms. The number of nitrogens with one attached hydrogen (secondary N) is 1. The van der Waals surface area contributed by atoms with Gasteiger partial charge in [0.25, 0.3) is 0 Å². The zero-order valence-corrected chi connectivity index (χ0v) is 21.5. The summed E-state index contributed by atoms with van der Waals surface area (Å²) in [5.41, 5.74) is 1.73. The standard InChI is InChI=1S/C25H25ClN2O5S2/c1-2-33-25(30)22-20(17-8-4-3-5-9-17)16-34-24(22)27-23(29)21-10-6-7-15-28(21)35(31,32)19-13-11-18(26)12-14-19/h3-5,8-9,11-14,16,21H,2,6-7,10,15H2,1H3,(H,27,29)/t21-/m0/s1. The molecule has 1 fully saturated rings. The number of nitrogens with zero attached hydrogens (tertiary/aromatic N) is 1. The maximum absolute atomic E-state index is 13.4. The van der Waals surface area contributed by atoms with E-state index in [1.807, 2.05) is 30.3 Å². The molecule has 3 aromatic rings. The first-order valence-electron chi connectivity index (χ1n) is 11.2. The van der Waals surface area contributed by atoms with Crippen LogP contribution in [-0.2, 0) is 19.6 Å². The van der Waals surface area contributed by atoms with E-state index in [2.05, 4.69) is 5.32 Å². The number of ether oxygens (including phenoxy) is 1. The number of hydrogen-bond donors (Lipinski definition) is 1. The number of carbonyl (C=O) groups is 2. The van der Waals surface area contributed by atoms with E-state index >= 15 is 0 Å². The van der Waals surface area contributed by atoms with Gasteiger partial charge in [-0.3, -0.25) is 4.79 Å². The lowest BCUT2D eigenvalue weighted by atomic mass is 10.0. The van der Waals surface area contributed by atoms with Gasteiger partial charge in [-0.05, 0) is 49.6 Å². The van der Waals surface area contributed by atoms with E-state index in [0.717, 1.165) is 12.0 Å². The van der Waals surface area contributed by atoms with Crippen molar-refractivity contribution in [1.82, 2.24) is 4.31 Å². The van der Waals surface area contributed by atoms with Crippen molar-refractivity contribution in [2.75, 3.05) is 18.5 Å². The van der Waals surface area contributed by atoms with Gasteiger partial charge >= 0.3 is 5.97 Å². The van der Waals surface area contributed by atoms with Gasteiger partial charge in [-0.15, -0.1) is 11.3 Å². The molecule has 1 aliphatic rings. The monoisotopic (exact) mass is 532 g/mol. The lowest BCUT2D eigenvalue weighted by molar-refractivity contribution is -0.120. The summed E-state index contributed by atoms with van der Waals surface area (Å²) in [6, 6.07) is 14.3. The molecule has 1 N–H and O–H groups in total. The fraction of sp³-hybridized carbons (Fsp3) is 0.280. The van der Waals surface area contributed by atoms with Crippen LogP contribution >= 0.6 is 22.9 Å². The molecule has 1 amide bonds. The van der Waals surface area contributed by atoms with Gasteiger partial charge < -0.3 is 10.1 Å². The van der Waals surface area contributed by atoms with Crippen LogP contribution in [0.4, 0.5) is 5.00 Å². The van der Waals surface area contributed by atoms with Gasteiger partial charge in [0.2, 0.25) is 15.9 Å². The maximum atomic E-state index is 13.4. The van der Waals surface area contributed by atoms with Gasteiger partial charge in [0, 0.05) is 22.5 Å². The number of esters is 1. The Labute approximate surface area is 213 Å². The van der Waals surface area contributed by atoms with E-state index in [4.69, 9.17) is 16.3 Å². The van der Waals surface area contributed by atoms with Gasteiger partial charge in [0.1, 0.15) is 16.6 Å². The summed E-state index contributed by atoms with van der Waals surface area (Å²) in [5.74, 6) is -1.02. The lowest BCUT2D eigenvalue weighted by Crippen LogP contribution is -2.49. The van der Waals surface area contributed by atoms with Crippen LogP contribution in [0.15, 0.2) is 64.9 Å². The molecule has 0 radical (unpaired) electrons. The predicted molar refractivity (Wildman–Crippen MR) is 137 cm³/mol. The van der Waals surface area contributed by atoms with E-state index in [1.165, 1.54) is 39.9 Å². The first kappa shape index (κ1) is 25.4. The number of anilines is 1. The highest BCUT2D eigenvalue weighted by molar-refractivity contribution is 7.89. The number of hydrogen-bond acceptors (Lipinski definition) is 6. The number of amides is 1. The van der Waals surface area contributed by atoms with Gasteiger partial charge in [0.15, 0.2) is 0 Å². The normalized spacial score (nSPS) is 16.6. The molecular weight excluding hydrogens is 508 g/mol. The topological polar surface area (TPSA) is 92.8 Å². The summed E-state index contributed by atoms with van der Waals surface area (Å²) in [6.45, 7) is 2.13. The predicted octanol–water partition coefficient (Wildman–Crippen LogP) is 5.43. The number of carbonyl (C=O) groups excluding carboxylic acids is 2. The van der Waals surface area contributed by atoms with Crippen LogP contribution in [0.1, 0.15) is 36.5 Å². The minimum absolute atomic E-state index is 0.0799. The highest BCUT2D eigenvalue weighted by Crippen LogP contribution is 2.37. The Kier molecular flexibility index (Phi) is 7.91. The average Bonchev–Trinajstić information content (AvgIpc) is 3.28. The van der Waals surface area contributed by atoms with E-state index < -0.39 is 27.9 Å². The number of halogens is 1. The second-order valence-electron chi connectivity index (χ2n) is 8.01. The third-order valence-corrected chi connectivity index (χ3v) is 8.84. The molecule has 184 valence electrons. The van der Waals surface area contributed by atoms with E-state index in [1.54, 1.807) is 12.3 Å². The molecule has 0 spiro atoms. The van der Waals surface area contributed by atoms with Gasteiger partial charge in [-0.25, -0.2) is 13.2 Å². The molecule has 1 aliphatic heterocycles. The first-order valence-corrected chi connectivity index (χ1v) is 13.9. The van der Waals surface area contributed by atoms with Crippen molar-refractivity contribution in [3.63, 3.8) is 0 Å². The number of rotatable bonds is 7. The van der Waals surface area contributed by atoms with Gasteiger partial charge in [0.05, 0.1) is 11.5 Å². The molecule has 35 heavy (non-hydrogen) atoms. The van der Waals surface area contributed by atoms with Crippen LogP contribution in [0.3, 0.4) is 0 Å². The number of thiophene rings is 1. The molecule has 0 unspecified atom stereocenters. The van der Waals surface area contributed by atoms with Crippen molar-refractivity contribution in [1.29, 1.82) is 0 Å². The highest BCUT2D eigenvalue weighted by Gasteiger charge is 2.38. The Balaban J connectivity index is 1.65. The Morgan fingerprint density at radius 3 is 2.51 bits per heavy atom. The summed E-state index contributed by atoms with van der Waals surface area (Å²) in [7, 11) is -3.91. The van der Waals surface area contributed by atoms with Crippen molar-refractivity contribution in [3.05, 3.63) is 70.6 Å². The van der Waals surface area contributed by atoms with E-state index in [9.17, 15) is 18.0 Å². The summed E-state index contributed by atoms with van der Waals surface area (Å²) in [6.07, 6.45) is 1.75. The van der Waals surface area contributed by atoms with Crippen LogP contribution in [-0.4, -0.2) is 43.8 Å². The number of benzene rings is 2. The van der Waals surface area contributed by atoms with Crippen LogP contribution in [0, 0.1) is 0 Å². The maximum Gasteiger partial charge on any atom is 0.341 e. The molecule has 1 atom stereocenters. The largest absolute Gasteiger partial charge is 0.462 e. The molecule has 2 aromatic carbocycles. The van der Waals surface area contributed by atoms with Crippen molar-refractivity contribution < 1.29 is 22.7 Å². The van der Waals surface area contributed by atoms with Crippen molar-refractivity contribution in [2.45, 2.75) is 37.1 Å². The fourth-order valence-electron chi connectivity index (χ4n) is 4.08. The van der Waals surface area contributed by atoms with Crippen LogP contribution in [0.5, 0.6) is 0 Å². The second-order valence-corrected chi connectivity index (χ2v) is 11.2. The molecule has 1 aromatic heterocycles. The lowest BCUT2D eigenvalue weighted by Gasteiger charge is -2.33. The minimum Gasteiger partial charge on any atom is -0.462 e. The Hall–Kier alpha value is -2.72. The van der Waals surface area contributed by atoms with Crippen LogP contribution in [0.2, 0.25) is 5.02 Å². The summed E-state index contributed by atoms with van der Waals surface area (Å²) >= 11 is 7.13. The molecule has 0 bridgehead atoms. The average molecular weight is 533 g/mol. The molecule has 0 aliphatic carbocycles. The fourth-order valence-corrected chi connectivity index (χ4v) is 6.82. The van der Waals surface area contributed by atoms with Crippen LogP contribution < -0.4 is 5.32 Å². The second kappa shape index (κ2) is 10.9. The van der Waals surface area contributed by atoms with Gasteiger partial charge in [-0.1, -0.05) is 48.4 Å². The van der Waals surface area contributed by atoms with E-state index in [-0.39, 0.29) is 23.6 Å². The molecule has 2 heterocycles. The quantitative estimate of drug-likeness (QED) is 0.410. The van der Waals surface area contributed by atoms with Crippen molar-refractivity contribution >= 4 is 49.8 Å². The SMILES string of the molecule is CCOC(=O)c1c(-c2ccccc2)csc1NC(=O)[C@@H]1CCCCN1S(=O)(=O)c1ccc(Cl)cc1. The highest BCUT2D eigenvalue weighted by atomic mass is 35.5. The summed E-state index contributed by atoms with van der Waals surface area (Å²) < 4.78 is 33.2. The molecule has 7 nitrogen and oxygen atoms in total. The minimum atomic E-state index is -3.91. The molecule has 4 rings (SSSR count).